The summed E-state index contributed by atoms with van der Waals surface area (Å²) in [5, 5.41) is 0. The number of nitrogens with zero attached hydrogens (tertiary/aromatic N) is 1. The predicted octanol–water partition coefficient (Wildman–Crippen LogP) is 4.28. The summed E-state index contributed by atoms with van der Waals surface area (Å²) in [7, 11) is 0. The standard InChI is InChI=1S/C12H26NO.2CH3.Al/c1-4-7-10-13(11-8-5-2)12(14)9-6-3;;;/h12H,4-11H2,1-3H3;2*1H3;/q-1;;;+1. The Hall–Kier alpha value is 0.452. The molecule has 0 N–H and O–H groups in total. The third-order valence-electron chi connectivity index (χ3n) is 2.97. The highest BCUT2D eigenvalue weighted by Gasteiger charge is 2.20. The van der Waals surface area contributed by atoms with Gasteiger partial charge in [-0.2, -0.15) is 0 Å². The Morgan fingerprint density at radius 3 is 1.82 bits per heavy atom. The zero-order valence-corrected chi connectivity index (χ0v) is 13.8. The van der Waals surface area contributed by atoms with Gasteiger partial charge in [0.15, 0.2) is 0 Å². The van der Waals surface area contributed by atoms with Crippen molar-refractivity contribution in [3.8, 4) is 0 Å². The minimum Gasteiger partial charge on any atom is -0.487 e. The Balaban J connectivity index is 4.31. The van der Waals surface area contributed by atoms with Gasteiger partial charge in [-0.25, -0.2) is 0 Å². The van der Waals surface area contributed by atoms with E-state index in [2.05, 4.69) is 37.2 Å². The molecule has 0 amide bonds. The van der Waals surface area contributed by atoms with Gasteiger partial charge in [0.1, 0.15) is 0 Å². The molecule has 3 heteroatoms. The highest BCUT2D eigenvalue weighted by Crippen LogP contribution is 2.13. The zero-order valence-electron chi connectivity index (χ0n) is 12.7. The molecule has 17 heavy (non-hydrogen) atoms. The first-order valence-corrected chi connectivity index (χ1v) is 10.3. The molecule has 0 heterocycles. The van der Waals surface area contributed by atoms with Crippen LogP contribution in [0.3, 0.4) is 0 Å². The van der Waals surface area contributed by atoms with Crippen molar-refractivity contribution in [1.82, 2.24) is 4.90 Å². The highest BCUT2D eigenvalue weighted by atomic mass is 27.2. The second kappa shape index (κ2) is 11.5. The molecular weight excluding hydrogens is 225 g/mol. The summed E-state index contributed by atoms with van der Waals surface area (Å²) >= 11 is -0.926. The highest BCUT2D eigenvalue weighted by molar-refractivity contribution is 6.48. The van der Waals surface area contributed by atoms with Crippen LogP contribution in [0.2, 0.25) is 11.6 Å². The van der Waals surface area contributed by atoms with E-state index in [1.165, 1.54) is 51.6 Å². The molecule has 0 rings (SSSR count). The number of hydrogen-bond acceptors (Lipinski definition) is 2. The van der Waals surface area contributed by atoms with Crippen molar-refractivity contribution in [2.75, 3.05) is 13.1 Å². The minimum atomic E-state index is -0.926. The summed E-state index contributed by atoms with van der Waals surface area (Å²) in [4.78, 5) is 2.59. The summed E-state index contributed by atoms with van der Waals surface area (Å²) < 4.78 is 6.21. The normalized spacial score (nSPS) is 13.1. The van der Waals surface area contributed by atoms with Crippen LogP contribution in [0.5, 0.6) is 0 Å². The van der Waals surface area contributed by atoms with E-state index in [0.29, 0.717) is 6.23 Å². The van der Waals surface area contributed by atoms with Gasteiger partial charge in [-0.3, -0.25) is 4.90 Å². The van der Waals surface area contributed by atoms with Crippen molar-refractivity contribution in [2.45, 2.75) is 77.1 Å². The lowest BCUT2D eigenvalue weighted by molar-refractivity contribution is 0.0149. The minimum absolute atomic E-state index is 0.393. The van der Waals surface area contributed by atoms with Crippen LogP contribution in [0.25, 0.3) is 0 Å². The van der Waals surface area contributed by atoms with Crippen molar-refractivity contribution >= 4 is 14.5 Å². The predicted molar refractivity (Wildman–Crippen MR) is 78.7 cm³/mol. The maximum atomic E-state index is 6.21. The van der Waals surface area contributed by atoms with Crippen LogP contribution >= 0.6 is 0 Å². The molecular formula is C14H32AlNO. The molecule has 0 fully saturated rings. The van der Waals surface area contributed by atoms with Crippen LogP contribution in [-0.2, 0) is 3.79 Å². The quantitative estimate of drug-likeness (QED) is 0.404. The first-order valence-electron chi connectivity index (χ1n) is 7.55. The van der Waals surface area contributed by atoms with E-state index < -0.39 is 14.5 Å². The molecule has 0 aliphatic carbocycles. The molecule has 0 aromatic rings. The molecule has 0 saturated heterocycles. The maximum Gasteiger partial charge on any atom is 0.455 e. The fraction of sp³-hybridized carbons (Fsp3) is 1.00. The molecule has 102 valence electrons. The van der Waals surface area contributed by atoms with Crippen molar-refractivity contribution < 1.29 is 3.79 Å². The molecule has 0 aromatic carbocycles. The summed E-state index contributed by atoms with van der Waals surface area (Å²) in [6, 6.07) is 0. The third kappa shape index (κ3) is 9.08. The van der Waals surface area contributed by atoms with Crippen LogP contribution in [0, 0.1) is 0 Å². The van der Waals surface area contributed by atoms with E-state index in [4.69, 9.17) is 3.79 Å². The lowest BCUT2D eigenvalue weighted by Gasteiger charge is -2.33. The largest absolute Gasteiger partial charge is 0.487 e. The Morgan fingerprint density at radius 2 is 1.47 bits per heavy atom. The van der Waals surface area contributed by atoms with E-state index in [1.54, 1.807) is 0 Å². The van der Waals surface area contributed by atoms with Gasteiger partial charge in [-0.15, -0.1) is 0 Å². The molecule has 0 aliphatic rings. The number of unbranched alkanes of at least 4 members (excludes halogenated alkanes) is 2. The van der Waals surface area contributed by atoms with Crippen molar-refractivity contribution in [3.63, 3.8) is 0 Å². The van der Waals surface area contributed by atoms with E-state index >= 15 is 0 Å². The van der Waals surface area contributed by atoms with E-state index in [1.807, 2.05) is 0 Å². The van der Waals surface area contributed by atoms with E-state index in [0.717, 1.165) is 0 Å². The molecule has 0 bridgehead atoms. The third-order valence-corrected chi connectivity index (χ3v) is 3.83. The first-order chi connectivity index (χ1) is 8.15. The van der Waals surface area contributed by atoms with Gasteiger partial charge in [-0.1, -0.05) is 51.6 Å². The van der Waals surface area contributed by atoms with Crippen LogP contribution in [0.1, 0.15) is 59.3 Å². The van der Waals surface area contributed by atoms with Crippen LogP contribution in [-0.4, -0.2) is 38.7 Å². The Labute approximate surface area is 113 Å². The summed E-state index contributed by atoms with van der Waals surface area (Å²) in [5.41, 5.74) is 0. The monoisotopic (exact) mass is 257 g/mol. The zero-order chi connectivity index (χ0) is 13.1. The Kier molecular flexibility index (Phi) is 11.8. The molecule has 2 nitrogen and oxygen atoms in total. The topological polar surface area (TPSA) is 12.5 Å². The lowest BCUT2D eigenvalue weighted by Crippen LogP contribution is -2.41. The fourth-order valence-electron chi connectivity index (χ4n) is 2.02. The van der Waals surface area contributed by atoms with Crippen LogP contribution in [0.4, 0.5) is 0 Å². The fourth-order valence-corrected chi connectivity index (χ4v) is 2.96. The smallest absolute Gasteiger partial charge is 0.455 e. The Bertz CT molecular complexity index is 156. The summed E-state index contributed by atoms with van der Waals surface area (Å²) in [5.74, 6) is 4.56. The van der Waals surface area contributed by atoms with Gasteiger partial charge >= 0.3 is 14.5 Å². The molecule has 0 saturated carbocycles. The maximum absolute atomic E-state index is 6.21. The number of hydrogen-bond donors (Lipinski definition) is 0. The second-order valence-electron chi connectivity index (χ2n) is 5.17. The molecule has 0 aliphatic heterocycles. The molecule has 0 spiro atoms. The van der Waals surface area contributed by atoms with E-state index in [-0.39, 0.29) is 0 Å². The van der Waals surface area contributed by atoms with Gasteiger partial charge in [0, 0.05) is 13.1 Å². The average molecular weight is 257 g/mol. The average Bonchev–Trinajstić information content (AvgIpc) is 2.28. The van der Waals surface area contributed by atoms with Gasteiger partial charge in [0.25, 0.3) is 0 Å². The molecule has 0 radical (unpaired) electrons. The molecule has 1 unspecified atom stereocenters. The summed E-state index contributed by atoms with van der Waals surface area (Å²) in [6.07, 6.45) is 7.96. The summed E-state index contributed by atoms with van der Waals surface area (Å²) in [6.45, 7) is 9.22. The second-order valence-corrected chi connectivity index (χ2v) is 7.54. The van der Waals surface area contributed by atoms with Crippen molar-refractivity contribution in [2.24, 2.45) is 0 Å². The molecule has 1 atom stereocenters. The van der Waals surface area contributed by atoms with Gasteiger partial charge in [-0.05, 0) is 19.3 Å². The van der Waals surface area contributed by atoms with Crippen LogP contribution in [0.15, 0.2) is 0 Å². The van der Waals surface area contributed by atoms with Crippen molar-refractivity contribution in [3.05, 3.63) is 0 Å². The SMILES string of the molecule is CCCCN(CCCC)C(CCC)[O][Al]([CH3])[CH3]. The Morgan fingerprint density at radius 1 is 0.941 bits per heavy atom. The van der Waals surface area contributed by atoms with Gasteiger partial charge in [0.2, 0.25) is 0 Å². The molecule has 0 aromatic heterocycles. The lowest BCUT2D eigenvalue weighted by atomic mass is 10.2. The first kappa shape index (κ1) is 17.5. The van der Waals surface area contributed by atoms with Gasteiger partial charge in [0.05, 0.1) is 6.23 Å². The van der Waals surface area contributed by atoms with Crippen molar-refractivity contribution in [1.29, 1.82) is 0 Å². The van der Waals surface area contributed by atoms with Gasteiger partial charge < -0.3 is 3.79 Å². The van der Waals surface area contributed by atoms with Crippen LogP contribution < -0.4 is 0 Å². The van der Waals surface area contributed by atoms with E-state index in [9.17, 15) is 0 Å². The number of rotatable bonds is 11.